The minimum absolute atomic E-state index is 0.0864. The second-order valence-corrected chi connectivity index (χ2v) is 5.40. The lowest BCUT2D eigenvalue weighted by Crippen LogP contribution is -2.40. The van der Waals surface area contributed by atoms with Crippen LogP contribution >= 0.6 is 0 Å². The first-order valence-electron chi connectivity index (χ1n) is 7.87. The maximum Gasteiger partial charge on any atom is 0.223 e. The van der Waals surface area contributed by atoms with E-state index in [4.69, 9.17) is 9.47 Å². The molecule has 0 radical (unpaired) electrons. The minimum atomic E-state index is 0.0864. The van der Waals surface area contributed by atoms with Gasteiger partial charge in [-0.3, -0.25) is 9.79 Å². The number of aliphatic imine (C=N–C) groups is 1. The molecule has 1 rings (SSSR count). The summed E-state index contributed by atoms with van der Waals surface area (Å²) in [6.07, 6.45) is 1.25. The van der Waals surface area contributed by atoms with Crippen molar-refractivity contribution >= 4 is 11.9 Å². The van der Waals surface area contributed by atoms with E-state index in [-0.39, 0.29) is 5.91 Å². The monoisotopic (exact) mass is 336 g/mol. The Bertz CT molecular complexity index is 559. The number of carbonyl (C=O) groups is 1. The fraction of sp³-hybridized carbons (Fsp3) is 0.529. The predicted octanol–water partition coefficient (Wildman–Crippen LogP) is 0.890. The number of amides is 1. The number of hydrogen-bond donors (Lipinski definition) is 2. The summed E-state index contributed by atoms with van der Waals surface area (Å²) in [5.41, 5.74) is 1.14. The van der Waals surface area contributed by atoms with E-state index in [1.165, 1.54) is 0 Å². The molecule has 7 nitrogen and oxygen atoms in total. The van der Waals surface area contributed by atoms with Gasteiger partial charge < -0.3 is 25.0 Å². The molecule has 0 unspecified atom stereocenters. The van der Waals surface area contributed by atoms with E-state index in [0.717, 1.165) is 30.0 Å². The van der Waals surface area contributed by atoms with Crippen LogP contribution < -0.4 is 20.1 Å². The third-order valence-electron chi connectivity index (χ3n) is 3.51. The number of nitrogens with one attached hydrogen (secondary N) is 2. The number of nitrogens with zero attached hydrogens (tertiary/aromatic N) is 2. The molecular weight excluding hydrogens is 308 g/mol. The van der Waals surface area contributed by atoms with Crippen LogP contribution in [0.4, 0.5) is 0 Å². The molecule has 0 atom stereocenters. The van der Waals surface area contributed by atoms with E-state index >= 15 is 0 Å². The van der Waals surface area contributed by atoms with Gasteiger partial charge in [0.25, 0.3) is 0 Å². The Morgan fingerprint density at radius 1 is 1.12 bits per heavy atom. The van der Waals surface area contributed by atoms with Crippen LogP contribution in [0, 0.1) is 0 Å². The maximum absolute atomic E-state index is 11.5. The lowest BCUT2D eigenvalue weighted by Gasteiger charge is -2.14. The van der Waals surface area contributed by atoms with E-state index < -0.39 is 0 Å². The van der Waals surface area contributed by atoms with Gasteiger partial charge in [-0.25, -0.2) is 0 Å². The fourth-order valence-corrected chi connectivity index (χ4v) is 2.09. The summed E-state index contributed by atoms with van der Waals surface area (Å²) in [6.45, 7) is 1.27. The van der Waals surface area contributed by atoms with Gasteiger partial charge in [-0.15, -0.1) is 0 Å². The number of methoxy groups -OCH3 is 2. The average Bonchev–Trinajstić information content (AvgIpc) is 2.59. The van der Waals surface area contributed by atoms with Crippen molar-refractivity contribution in [2.24, 2.45) is 4.99 Å². The summed E-state index contributed by atoms with van der Waals surface area (Å²) in [5.74, 6) is 2.21. The molecule has 0 bridgehead atoms. The van der Waals surface area contributed by atoms with E-state index in [9.17, 15) is 4.79 Å². The SMILES string of the molecule is CN=C(NCCC(=O)N(C)C)NCCc1ccc(OC)c(OC)c1. The van der Waals surface area contributed by atoms with Crippen molar-refractivity contribution < 1.29 is 14.3 Å². The molecule has 0 saturated carbocycles. The standard InChI is InChI=1S/C17H28N4O3/c1-18-17(20-11-9-16(22)21(2)3)19-10-8-13-6-7-14(23-4)15(12-13)24-5/h6-7,12H,8-11H2,1-5H3,(H2,18,19,20). The topological polar surface area (TPSA) is 75.2 Å². The molecule has 0 aliphatic rings. The summed E-state index contributed by atoms with van der Waals surface area (Å²) < 4.78 is 10.5. The van der Waals surface area contributed by atoms with Crippen LogP contribution in [0.3, 0.4) is 0 Å². The quantitative estimate of drug-likeness (QED) is 0.545. The van der Waals surface area contributed by atoms with Crippen LogP contribution in [0.15, 0.2) is 23.2 Å². The molecule has 7 heteroatoms. The predicted molar refractivity (Wildman–Crippen MR) is 95.9 cm³/mol. The van der Waals surface area contributed by atoms with Gasteiger partial charge in [0, 0.05) is 40.7 Å². The first-order chi connectivity index (χ1) is 11.5. The zero-order valence-corrected chi connectivity index (χ0v) is 15.2. The molecule has 0 fully saturated rings. The Kier molecular flexibility index (Phi) is 8.46. The van der Waals surface area contributed by atoms with Crippen molar-refractivity contribution in [2.45, 2.75) is 12.8 Å². The van der Waals surface area contributed by atoms with Gasteiger partial charge >= 0.3 is 0 Å². The van der Waals surface area contributed by atoms with Crippen LogP contribution in [0.5, 0.6) is 11.5 Å². The lowest BCUT2D eigenvalue weighted by molar-refractivity contribution is -0.128. The maximum atomic E-state index is 11.5. The highest BCUT2D eigenvalue weighted by Gasteiger charge is 2.06. The molecule has 0 aliphatic carbocycles. The normalized spacial score (nSPS) is 11.0. The molecule has 0 aromatic heterocycles. The Balaban J connectivity index is 2.40. The zero-order chi connectivity index (χ0) is 17.9. The van der Waals surface area contributed by atoms with Gasteiger partial charge in [0.15, 0.2) is 17.5 Å². The van der Waals surface area contributed by atoms with Crippen LogP contribution in [0.2, 0.25) is 0 Å². The zero-order valence-electron chi connectivity index (χ0n) is 15.2. The summed E-state index contributed by atoms with van der Waals surface area (Å²) in [7, 11) is 8.45. The third kappa shape index (κ3) is 6.36. The summed E-state index contributed by atoms with van der Waals surface area (Å²) >= 11 is 0. The molecule has 1 aromatic carbocycles. The minimum Gasteiger partial charge on any atom is -0.493 e. The molecular formula is C17H28N4O3. The molecule has 1 aromatic rings. The lowest BCUT2D eigenvalue weighted by atomic mass is 10.1. The highest BCUT2D eigenvalue weighted by Crippen LogP contribution is 2.27. The number of carbonyl (C=O) groups excluding carboxylic acids is 1. The van der Waals surface area contributed by atoms with Gasteiger partial charge in [0.05, 0.1) is 14.2 Å². The van der Waals surface area contributed by atoms with Crippen LogP contribution in [0.25, 0.3) is 0 Å². The smallest absolute Gasteiger partial charge is 0.223 e. The Labute approximate surface area is 144 Å². The number of guanidine groups is 1. The van der Waals surface area contributed by atoms with Crippen molar-refractivity contribution in [3.8, 4) is 11.5 Å². The van der Waals surface area contributed by atoms with Gasteiger partial charge in [0.2, 0.25) is 5.91 Å². The molecule has 24 heavy (non-hydrogen) atoms. The number of ether oxygens (including phenoxy) is 2. The second-order valence-electron chi connectivity index (χ2n) is 5.40. The molecule has 134 valence electrons. The Morgan fingerprint density at radius 3 is 2.38 bits per heavy atom. The van der Waals surface area contributed by atoms with Crippen LogP contribution in [-0.2, 0) is 11.2 Å². The largest absolute Gasteiger partial charge is 0.493 e. The van der Waals surface area contributed by atoms with Crippen molar-refractivity contribution in [1.82, 2.24) is 15.5 Å². The van der Waals surface area contributed by atoms with E-state index in [2.05, 4.69) is 15.6 Å². The van der Waals surface area contributed by atoms with E-state index in [0.29, 0.717) is 18.9 Å². The third-order valence-corrected chi connectivity index (χ3v) is 3.51. The first-order valence-corrected chi connectivity index (χ1v) is 7.87. The van der Waals surface area contributed by atoms with Crippen molar-refractivity contribution in [2.75, 3.05) is 48.5 Å². The Morgan fingerprint density at radius 2 is 1.79 bits per heavy atom. The second kappa shape index (κ2) is 10.4. The molecule has 0 saturated heterocycles. The van der Waals surface area contributed by atoms with Gasteiger partial charge in [-0.05, 0) is 24.1 Å². The average molecular weight is 336 g/mol. The summed E-state index contributed by atoms with van der Waals surface area (Å²) in [6, 6.07) is 5.87. The van der Waals surface area contributed by atoms with Crippen LogP contribution in [0.1, 0.15) is 12.0 Å². The van der Waals surface area contributed by atoms with E-state index in [1.807, 2.05) is 18.2 Å². The highest BCUT2D eigenvalue weighted by molar-refractivity contribution is 5.81. The molecule has 1 amide bonds. The fourth-order valence-electron chi connectivity index (χ4n) is 2.09. The number of hydrogen-bond acceptors (Lipinski definition) is 4. The Hall–Kier alpha value is -2.44. The van der Waals surface area contributed by atoms with E-state index in [1.54, 1.807) is 40.3 Å². The number of rotatable bonds is 8. The van der Waals surface area contributed by atoms with Gasteiger partial charge in [-0.2, -0.15) is 0 Å². The summed E-state index contributed by atoms with van der Waals surface area (Å²) in [5, 5.41) is 6.36. The van der Waals surface area contributed by atoms with Gasteiger partial charge in [0.1, 0.15) is 0 Å². The van der Waals surface area contributed by atoms with Crippen molar-refractivity contribution in [3.63, 3.8) is 0 Å². The summed E-state index contributed by atoms with van der Waals surface area (Å²) in [4.78, 5) is 17.3. The number of benzene rings is 1. The molecule has 0 heterocycles. The van der Waals surface area contributed by atoms with Crippen molar-refractivity contribution in [1.29, 1.82) is 0 Å². The van der Waals surface area contributed by atoms with Crippen molar-refractivity contribution in [3.05, 3.63) is 23.8 Å². The molecule has 0 aliphatic heterocycles. The molecule has 2 N–H and O–H groups in total. The van der Waals surface area contributed by atoms with Gasteiger partial charge in [-0.1, -0.05) is 6.07 Å². The highest BCUT2D eigenvalue weighted by atomic mass is 16.5. The van der Waals surface area contributed by atoms with Crippen LogP contribution in [-0.4, -0.2) is 65.2 Å². The first kappa shape index (κ1) is 19.6. The molecule has 0 spiro atoms.